The van der Waals surface area contributed by atoms with Crippen molar-refractivity contribution in [1.82, 2.24) is 5.01 Å². The minimum Gasteiger partial charge on any atom is -0.490 e. The number of carbonyl (C=O) groups excluding carboxylic acids is 1. The van der Waals surface area contributed by atoms with Crippen LogP contribution in [0, 0.1) is 12.3 Å². The van der Waals surface area contributed by atoms with Crippen LogP contribution in [0.1, 0.15) is 48.4 Å². The SMILES string of the molecule is CC[C@@H](C)c1ccc(OCCOc2cccc(/C=C3/C(=N)N4N=C(c5ccc(C)cc5)SC4=NC3=O)c2)cc1. The van der Waals surface area contributed by atoms with Crippen molar-refractivity contribution in [3.8, 4) is 11.5 Å². The van der Waals surface area contributed by atoms with Crippen molar-refractivity contribution in [1.29, 1.82) is 5.41 Å². The first-order valence-electron chi connectivity index (χ1n) is 12.9. The van der Waals surface area contributed by atoms with E-state index < -0.39 is 5.91 Å². The van der Waals surface area contributed by atoms with Crippen LogP contribution in [0.5, 0.6) is 11.5 Å². The number of fused-ring (bicyclic) bond motifs is 1. The first-order valence-corrected chi connectivity index (χ1v) is 13.8. The summed E-state index contributed by atoms with van der Waals surface area (Å²) in [5.41, 5.74) is 4.28. The fourth-order valence-electron chi connectivity index (χ4n) is 4.11. The van der Waals surface area contributed by atoms with Crippen LogP contribution in [0.4, 0.5) is 0 Å². The number of amides is 1. The second-order valence-electron chi connectivity index (χ2n) is 9.44. The number of hydrogen-bond donors (Lipinski definition) is 1. The molecule has 39 heavy (non-hydrogen) atoms. The van der Waals surface area contributed by atoms with Crippen LogP contribution in [0.25, 0.3) is 6.08 Å². The maximum atomic E-state index is 12.8. The molecule has 7 nitrogen and oxygen atoms in total. The Labute approximate surface area is 232 Å². The third-order valence-corrected chi connectivity index (χ3v) is 7.56. The van der Waals surface area contributed by atoms with Crippen molar-refractivity contribution < 1.29 is 14.3 Å². The van der Waals surface area contributed by atoms with Crippen molar-refractivity contribution in [2.75, 3.05) is 13.2 Å². The molecule has 198 valence electrons. The largest absolute Gasteiger partial charge is 0.490 e. The summed E-state index contributed by atoms with van der Waals surface area (Å²) in [6.45, 7) is 7.20. The molecule has 1 N–H and O–H groups in total. The van der Waals surface area contributed by atoms with Crippen LogP contribution in [0.3, 0.4) is 0 Å². The molecule has 0 saturated carbocycles. The molecule has 0 aliphatic carbocycles. The molecule has 0 fully saturated rings. The maximum Gasteiger partial charge on any atom is 0.283 e. The molecule has 0 saturated heterocycles. The second-order valence-corrected chi connectivity index (χ2v) is 10.4. The highest BCUT2D eigenvalue weighted by Gasteiger charge is 2.36. The van der Waals surface area contributed by atoms with Gasteiger partial charge in [0.25, 0.3) is 5.91 Å². The molecule has 2 aliphatic rings. The molecule has 2 aliphatic heterocycles. The van der Waals surface area contributed by atoms with E-state index in [1.807, 2.05) is 67.6 Å². The van der Waals surface area contributed by atoms with E-state index in [1.54, 1.807) is 6.08 Å². The summed E-state index contributed by atoms with van der Waals surface area (Å²) >= 11 is 1.29. The normalized spacial score (nSPS) is 16.6. The Balaban J connectivity index is 1.21. The molecule has 3 aromatic carbocycles. The number of nitrogens with zero attached hydrogens (tertiary/aromatic N) is 3. The smallest absolute Gasteiger partial charge is 0.283 e. The zero-order chi connectivity index (χ0) is 27.4. The van der Waals surface area contributed by atoms with E-state index in [9.17, 15) is 4.79 Å². The average Bonchev–Trinajstić information content (AvgIpc) is 3.38. The number of ether oxygens (including phenoxy) is 2. The van der Waals surface area contributed by atoms with Crippen molar-refractivity contribution in [3.63, 3.8) is 0 Å². The highest BCUT2D eigenvalue weighted by molar-refractivity contribution is 8.27. The number of aryl methyl sites for hydroxylation is 1. The molecule has 5 rings (SSSR count). The zero-order valence-corrected chi connectivity index (χ0v) is 23.0. The summed E-state index contributed by atoms with van der Waals surface area (Å²) in [5.74, 6) is 1.53. The molecule has 3 aromatic rings. The van der Waals surface area contributed by atoms with E-state index in [-0.39, 0.29) is 11.4 Å². The molecule has 0 unspecified atom stereocenters. The van der Waals surface area contributed by atoms with Gasteiger partial charge in [-0.2, -0.15) is 15.1 Å². The quantitative estimate of drug-likeness (QED) is 0.244. The van der Waals surface area contributed by atoms with Gasteiger partial charge in [-0.05, 0) is 72.5 Å². The summed E-state index contributed by atoms with van der Waals surface area (Å²) < 4.78 is 11.7. The summed E-state index contributed by atoms with van der Waals surface area (Å²) in [5, 5.41) is 15.7. The van der Waals surface area contributed by atoms with Crippen LogP contribution in [-0.2, 0) is 4.79 Å². The van der Waals surface area contributed by atoms with Gasteiger partial charge in [-0.3, -0.25) is 10.2 Å². The highest BCUT2D eigenvalue weighted by atomic mass is 32.2. The molecule has 0 aromatic heterocycles. The third kappa shape index (κ3) is 6.12. The van der Waals surface area contributed by atoms with Gasteiger partial charge in [0, 0.05) is 5.56 Å². The minimum absolute atomic E-state index is 0.00122. The fourth-order valence-corrected chi connectivity index (χ4v) is 5.01. The van der Waals surface area contributed by atoms with E-state index in [0.29, 0.717) is 35.1 Å². The van der Waals surface area contributed by atoms with Gasteiger partial charge < -0.3 is 9.47 Å². The highest BCUT2D eigenvalue weighted by Crippen LogP contribution is 2.31. The number of thioether (sulfide) groups is 1. The lowest BCUT2D eigenvalue weighted by atomic mass is 9.99. The Morgan fingerprint density at radius 3 is 2.44 bits per heavy atom. The van der Waals surface area contributed by atoms with E-state index >= 15 is 0 Å². The lowest BCUT2D eigenvalue weighted by Gasteiger charge is -2.20. The van der Waals surface area contributed by atoms with E-state index in [0.717, 1.165) is 28.9 Å². The molecular formula is C31H30N4O3S. The summed E-state index contributed by atoms with van der Waals surface area (Å²) in [6.07, 6.45) is 2.75. The fraction of sp³-hybridized carbons (Fsp3) is 0.226. The van der Waals surface area contributed by atoms with Crippen molar-refractivity contribution in [3.05, 3.63) is 101 Å². The Hall–Kier alpha value is -4.17. The predicted molar refractivity (Wildman–Crippen MR) is 158 cm³/mol. The monoisotopic (exact) mass is 538 g/mol. The van der Waals surface area contributed by atoms with Crippen LogP contribution >= 0.6 is 11.8 Å². The first-order chi connectivity index (χ1) is 18.9. The molecule has 1 atom stereocenters. The second kappa shape index (κ2) is 11.7. The number of benzene rings is 3. The van der Waals surface area contributed by atoms with Crippen LogP contribution in [-0.4, -0.2) is 40.2 Å². The van der Waals surface area contributed by atoms with Crippen LogP contribution in [0.15, 0.2) is 88.5 Å². The van der Waals surface area contributed by atoms with Gasteiger partial charge >= 0.3 is 0 Å². The number of hydrogen-bond acceptors (Lipinski definition) is 6. The Bertz CT molecular complexity index is 1480. The molecular weight excluding hydrogens is 508 g/mol. The van der Waals surface area contributed by atoms with Gasteiger partial charge in [-0.1, -0.05) is 67.9 Å². The Morgan fingerprint density at radius 1 is 1.00 bits per heavy atom. The number of rotatable bonds is 9. The van der Waals surface area contributed by atoms with Crippen LogP contribution < -0.4 is 9.47 Å². The molecule has 0 bridgehead atoms. The van der Waals surface area contributed by atoms with Crippen molar-refractivity contribution in [2.24, 2.45) is 10.1 Å². The first kappa shape index (κ1) is 26.4. The predicted octanol–water partition coefficient (Wildman–Crippen LogP) is 6.63. The van der Waals surface area contributed by atoms with Crippen molar-refractivity contribution >= 4 is 39.8 Å². The molecule has 0 radical (unpaired) electrons. The van der Waals surface area contributed by atoms with Gasteiger partial charge in [0.2, 0.25) is 5.17 Å². The number of carbonyl (C=O) groups is 1. The summed E-state index contributed by atoms with van der Waals surface area (Å²) in [7, 11) is 0. The summed E-state index contributed by atoms with van der Waals surface area (Å²) in [6, 6.07) is 23.5. The molecule has 0 spiro atoms. The molecule has 2 heterocycles. The number of aliphatic imine (C=N–C) groups is 1. The topological polar surface area (TPSA) is 87.3 Å². The summed E-state index contributed by atoms with van der Waals surface area (Å²) in [4.78, 5) is 17.0. The van der Waals surface area contributed by atoms with E-state index in [1.165, 1.54) is 22.3 Å². The van der Waals surface area contributed by atoms with Gasteiger partial charge in [-0.15, -0.1) is 0 Å². The van der Waals surface area contributed by atoms with Gasteiger partial charge in [0.1, 0.15) is 29.8 Å². The van der Waals surface area contributed by atoms with E-state index in [2.05, 4.69) is 36.1 Å². The van der Waals surface area contributed by atoms with Gasteiger partial charge in [0.15, 0.2) is 5.84 Å². The van der Waals surface area contributed by atoms with E-state index in [4.69, 9.17) is 14.9 Å². The average molecular weight is 539 g/mol. The number of hydrazone groups is 1. The minimum atomic E-state index is -0.460. The standard InChI is InChI=1S/C31H30N4O3S/c1-4-21(3)23-12-14-25(15-13-23)37-16-17-38-26-7-5-6-22(18-26)19-27-28(32)35-31(33-29(27)36)39-30(34-35)24-10-8-20(2)9-11-24/h5-15,18-19,21,32H,4,16-17H2,1-3H3/b27-19-,32-28?/t21-/m1/s1. The Morgan fingerprint density at radius 2 is 1.72 bits per heavy atom. The third-order valence-electron chi connectivity index (χ3n) is 6.60. The number of nitrogens with one attached hydrogen (secondary N) is 1. The Kier molecular flexibility index (Phi) is 7.93. The molecule has 1 amide bonds. The van der Waals surface area contributed by atoms with Gasteiger partial charge in [-0.25, -0.2) is 0 Å². The van der Waals surface area contributed by atoms with Crippen LogP contribution in [0.2, 0.25) is 0 Å². The number of amidine groups is 2. The zero-order valence-electron chi connectivity index (χ0n) is 22.2. The lowest BCUT2D eigenvalue weighted by molar-refractivity contribution is -0.114. The molecule has 8 heteroatoms. The van der Waals surface area contributed by atoms with Gasteiger partial charge in [0.05, 0.1) is 5.57 Å². The van der Waals surface area contributed by atoms with Crippen molar-refractivity contribution in [2.45, 2.75) is 33.1 Å². The lowest BCUT2D eigenvalue weighted by Crippen LogP contribution is -2.35. The maximum absolute atomic E-state index is 12.8.